The van der Waals surface area contributed by atoms with Crippen molar-refractivity contribution in [3.05, 3.63) is 27.3 Å². The Morgan fingerprint density at radius 2 is 1.43 bits per heavy atom. The number of hydrogen-bond acceptors (Lipinski definition) is 5. The molecule has 37 heavy (non-hydrogen) atoms. The topological polar surface area (TPSA) is 89.9 Å². The Morgan fingerprint density at radius 1 is 0.919 bits per heavy atom. The summed E-state index contributed by atoms with van der Waals surface area (Å²) >= 11 is 1.93. The standard InChI is InChI=1S/C13H15IO4.C12H19F5O2/c1-4-13(2,3)12(17)18-8-5-6-10(14)9(7-8)11(15)16;1-4-10(2,3)9(18)19-7-5-6-11(13,14)8-12(15,16)17/h5-7H,4H2,1-3H3,(H,15,16);4-8H2,1-3H3. The normalized spacial score (nSPS) is 12.3. The van der Waals surface area contributed by atoms with Crippen molar-refractivity contribution in [2.75, 3.05) is 6.61 Å². The second kappa shape index (κ2) is 14.2. The molecule has 0 aromatic heterocycles. The van der Waals surface area contributed by atoms with Crippen molar-refractivity contribution in [2.45, 2.75) is 85.7 Å². The predicted molar refractivity (Wildman–Crippen MR) is 136 cm³/mol. The smallest absolute Gasteiger partial charge is 0.394 e. The van der Waals surface area contributed by atoms with Crippen LogP contribution in [0.5, 0.6) is 5.75 Å². The number of alkyl halides is 5. The van der Waals surface area contributed by atoms with Gasteiger partial charge < -0.3 is 14.6 Å². The summed E-state index contributed by atoms with van der Waals surface area (Å²) in [5, 5.41) is 8.98. The molecule has 212 valence electrons. The Kier molecular flexibility index (Phi) is 13.5. The minimum absolute atomic E-state index is 0.134. The van der Waals surface area contributed by atoms with E-state index in [0.717, 1.165) is 0 Å². The van der Waals surface area contributed by atoms with Gasteiger partial charge in [0.05, 0.1) is 23.0 Å². The Balaban J connectivity index is 0.000000701. The summed E-state index contributed by atoms with van der Waals surface area (Å²) in [6.07, 6.45) is -7.11. The van der Waals surface area contributed by atoms with Crippen molar-refractivity contribution in [1.82, 2.24) is 0 Å². The fraction of sp³-hybridized carbons (Fsp3) is 0.640. The van der Waals surface area contributed by atoms with Gasteiger partial charge in [0.15, 0.2) is 0 Å². The van der Waals surface area contributed by atoms with Crippen LogP contribution >= 0.6 is 22.6 Å². The Labute approximate surface area is 227 Å². The van der Waals surface area contributed by atoms with E-state index in [-0.39, 0.29) is 30.3 Å². The van der Waals surface area contributed by atoms with Crippen LogP contribution in [0, 0.1) is 14.4 Å². The molecule has 0 aliphatic heterocycles. The van der Waals surface area contributed by atoms with E-state index in [1.165, 1.54) is 6.07 Å². The molecule has 0 aliphatic rings. The van der Waals surface area contributed by atoms with Crippen LogP contribution in [-0.4, -0.2) is 41.7 Å². The van der Waals surface area contributed by atoms with Crippen molar-refractivity contribution in [1.29, 1.82) is 0 Å². The first-order valence-electron chi connectivity index (χ1n) is 11.5. The van der Waals surface area contributed by atoms with Gasteiger partial charge >= 0.3 is 24.1 Å². The molecule has 0 saturated heterocycles. The van der Waals surface area contributed by atoms with Gasteiger partial charge in [0, 0.05) is 9.99 Å². The highest BCUT2D eigenvalue weighted by atomic mass is 127. The molecule has 0 radical (unpaired) electrons. The molecule has 0 atom stereocenters. The van der Waals surface area contributed by atoms with E-state index in [2.05, 4.69) is 0 Å². The van der Waals surface area contributed by atoms with Crippen LogP contribution < -0.4 is 4.74 Å². The number of esters is 2. The average molecular weight is 652 g/mol. The number of carboxylic acid groups (broad SMARTS) is 1. The molecular formula is C25H34F5IO6. The lowest BCUT2D eigenvalue weighted by molar-refractivity contribution is -0.190. The van der Waals surface area contributed by atoms with Gasteiger partial charge in [-0.2, -0.15) is 13.2 Å². The first kappa shape index (κ1) is 35.0. The molecule has 0 heterocycles. The molecule has 0 bridgehead atoms. The van der Waals surface area contributed by atoms with Gasteiger partial charge in [-0.05, 0) is 87.7 Å². The summed E-state index contributed by atoms with van der Waals surface area (Å²) in [4.78, 5) is 34.3. The van der Waals surface area contributed by atoms with Crippen molar-refractivity contribution < 1.29 is 50.9 Å². The monoisotopic (exact) mass is 652 g/mol. The number of ether oxygens (including phenoxy) is 2. The molecule has 1 aromatic carbocycles. The maximum Gasteiger partial charge on any atom is 0.394 e. The Morgan fingerprint density at radius 3 is 1.89 bits per heavy atom. The van der Waals surface area contributed by atoms with Gasteiger partial charge in [0.25, 0.3) is 5.92 Å². The highest BCUT2D eigenvalue weighted by molar-refractivity contribution is 14.1. The van der Waals surface area contributed by atoms with Crippen LogP contribution in [-0.2, 0) is 14.3 Å². The Hall–Kier alpha value is -1.99. The van der Waals surface area contributed by atoms with Crippen LogP contribution in [0.15, 0.2) is 18.2 Å². The van der Waals surface area contributed by atoms with E-state index in [9.17, 15) is 36.3 Å². The number of carbonyl (C=O) groups is 3. The van der Waals surface area contributed by atoms with E-state index in [1.54, 1.807) is 46.8 Å². The molecule has 1 N–H and O–H groups in total. The van der Waals surface area contributed by atoms with E-state index < -0.39 is 47.7 Å². The van der Waals surface area contributed by atoms with Gasteiger partial charge in [-0.3, -0.25) is 9.59 Å². The Bertz CT molecular complexity index is 929. The van der Waals surface area contributed by atoms with E-state index in [0.29, 0.717) is 16.4 Å². The molecule has 6 nitrogen and oxygen atoms in total. The fourth-order valence-electron chi connectivity index (χ4n) is 2.34. The van der Waals surface area contributed by atoms with Crippen LogP contribution in [0.2, 0.25) is 0 Å². The van der Waals surface area contributed by atoms with E-state index in [4.69, 9.17) is 14.6 Å². The van der Waals surface area contributed by atoms with Crippen molar-refractivity contribution >= 4 is 40.5 Å². The van der Waals surface area contributed by atoms with Crippen LogP contribution in [0.1, 0.15) is 84.0 Å². The zero-order valence-electron chi connectivity index (χ0n) is 21.7. The SMILES string of the molecule is CCC(C)(C)C(=O)OCCCC(F)(F)CC(F)(F)F.CCC(C)(C)C(=O)Oc1ccc(I)c(C(=O)O)c1. The van der Waals surface area contributed by atoms with Gasteiger partial charge in [0.2, 0.25) is 0 Å². The molecule has 1 rings (SSSR count). The summed E-state index contributed by atoms with van der Waals surface area (Å²) in [6, 6.07) is 4.58. The lowest BCUT2D eigenvalue weighted by Crippen LogP contribution is -2.28. The number of rotatable bonds is 11. The van der Waals surface area contributed by atoms with E-state index >= 15 is 0 Å². The molecule has 0 fully saturated rings. The van der Waals surface area contributed by atoms with Gasteiger partial charge in [-0.1, -0.05) is 13.8 Å². The van der Waals surface area contributed by atoms with E-state index in [1.807, 2.05) is 29.5 Å². The largest absolute Gasteiger partial charge is 0.478 e. The van der Waals surface area contributed by atoms with Crippen LogP contribution in [0.3, 0.4) is 0 Å². The third kappa shape index (κ3) is 13.4. The molecular weight excluding hydrogens is 618 g/mol. The lowest BCUT2D eigenvalue weighted by Gasteiger charge is -2.21. The third-order valence-electron chi connectivity index (χ3n) is 5.63. The third-order valence-corrected chi connectivity index (χ3v) is 6.57. The number of aromatic carboxylic acids is 1. The maximum atomic E-state index is 12.9. The summed E-state index contributed by atoms with van der Waals surface area (Å²) in [5.41, 5.74) is -1.16. The molecule has 12 heteroatoms. The zero-order valence-corrected chi connectivity index (χ0v) is 23.9. The first-order valence-corrected chi connectivity index (χ1v) is 12.6. The predicted octanol–water partition coefficient (Wildman–Crippen LogP) is 7.66. The van der Waals surface area contributed by atoms with Gasteiger partial charge in [-0.25, -0.2) is 13.6 Å². The fourth-order valence-corrected chi connectivity index (χ4v) is 2.90. The lowest BCUT2D eigenvalue weighted by atomic mass is 9.91. The second-order valence-electron chi connectivity index (χ2n) is 9.70. The summed E-state index contributed by atoms with van der Waals surface area (Å²) in [7, 11) is 0. The van der Waals surface area contributed by atoms with Crippen LogP contribution in [0.4, 0.5) is 22.0 Å². The minimum atomic E-state index is -4.90. The number of halogens is 6. The number of benzene rings is 1. The average Bonchev–Trinajstić information content (AvgIpc) is 2.76. The summed E-state index contributed by atoms with van der Waals surface area (Å²) in [6.45, 7) is 10.3. The minimum Gasteiger partial charge on any atom is -0.478 e. The number of carboxylic acids is 1. The quantitative estimate of drug-likeness (QED) is 0.0868. The maximum absolute atomic E-state index is 12.9. The molecule has 0 amide bonds. The second-order valence-corrected chi connectivity index (χ2v) is 10.9. The molecule has 1 aromatic rings. The van der Waals surface area contributed by atoms with Crippen LogP contribution in [0.25, 0.3) is 0 Å². The van der Waals surface area contributed by atoms with Crippen molar-refractivity contribution in [3.8, 4) is 5.75 Å². The van der Waals surface area contributed by atoms with Crippen molar-refractivity contribution in [2.24, 2.45) is 10.8 Å². The number of carbonyl (C=O) groups excluding carboxylic acids is 2. The zero-order chi connectivity index (χ0) is 29.2. The summed E-state index contributed by atoms with van der Waals surface area (Å²) in [5.74, 6) is -5.48. The first-order chi connectivity index (χ1) is 16.7. The molecule has 0 unspecified atom stereocenters. The highest BCUT2D eigenvalue weighted by Gasteiger charge is 2.43. The van der Waals surface area contributed by atoms with Crippen molar-refractivity contribution in [3.63, 3.8) is 0 Å². The highest BCUT2D eigenvalue weighted by Crippen LogP contribution is 2.34. The summed E-state index contributed by atoms with van der Waals surface area (Å²) < 4.78 is 71.8. The molecule has 0 spiro atoms. The molecule has 0 aliphatic carbocycles. The van der Waals surface area contributed by atoms with Gasteiger partial charge in [-0.15, -0.1) is 0 Å². The van der Waals surface area contributed by atoms with Gasteiger partial charge in [0.1, 0.15) is 12.2 Å². The molecule has 0 saturated carbocycles. The number of hydrogen-bond donors (Lipinski definition) is 1.